The van der Waals surface area contributed by atoms with E-state index in [2.05, 4.69) is 112 Å². The monoisotopic (exact) mass is 635 g/mol. The van der Waals surface area contributed by atoms with E-state index in [1.165, 1.54) is 0 Å². The van der Waals surface area contributed by atoms with Crippen LogP contribution in [0, 0.1) is 28.6 Å². The van der Waals surface area contributed by atoms with Gasteiger partial charge in [-0.2, -0.15) is 0 Å². The lowest BCUT2D eigenvalue weighted by molar-refractivity contribution is -0.229. The van der Waals surface area contributed by atoms with Crippen LogP contribution in [0.2, 0.25) is 0 Å². The van der Waals surface area contributed by atoms with Crippen molar-refractivity contribution < 1.29 is 29.7 Å². The number of hydrogen-bond donors (Lipinski definition) is 3. The molecule has 0 aliphatic carbocycles. The molecule has 0 amide bonds. The van der Waals surface area contributed by atoms with Gasteiger partial charge in [-0.1, -0.05) is 0 Å². The number of carboxylic acid groups (broad SMARTS) is 3. The number of aliphatic carboxylic acids is 3. The minimum Gasteiger partial charge on any atom is -0.481 e. The maximum atomic E-state index is 14.7. The Bertz CT molecular complexity index is 1090. The Morgan fingerprint density at radius 3 is 0.956 bits per heavy atom. The summed E-state index contributed by atoms with van der Waals surface area (Å²) in [6, 6.07) is 0. The van der Waals surface area contributed by atoms with E-state index in [-0.39, 0.29) is 0 Å². The number of likely N-dealkylation sites (tertiary alicyclic amines) is 3. The van der Waals surface area contributed by atoms with Gasteiger partial charge in [-0.15, -0.1) is 0 Å². The van der Waals surface area contributed by atoms with Crippen molar-refractivity contribution in [3.63, 3.8) is 0 Å². The van der Waals surface area contributed by atoms with E-state index >= 15 is 0 Å². The van der Waals surface area contributed by atoms with Crippen LogP contribution in [0.1, 0.15) is 128 Å². The zero-order valence-electron chi connectivity index (χ0n) is 31.1. The summed E-state index contributed by atoms with van der Waals surface area (Å²) in [6.07, 6.45) is 1.89. The van der Waals surface area contributed by atoms with E-state index < -0.39 is 86.1 Å². The number of rotatable bonds is 8. The van der Waals surface area contributed by atoms with Crippen molar-refractivity contribution in [1.82, 2.24) is 14.7 Å². The molecule has 9 nitrogen and oxygen atoms in total. The van der Waals surface area contributed by atoms with Gasteiger partial charge in [-0.25, -0.2) is 0 Å². The van der Waals surface area contributed by atoms with Gasteiger partial charge in [0.1, 0.15) is 0 Å². The Morgan fingerprint density at radius 1 is 0.511 bits per heavy atom. The summed E-state index contributed by atoms with van der Waals surface area (Å²) in [5.74, 6) is -5.51. The van der Waals surface area contributed by atoms with Gasteiger partial charge in [0.15, 0.2) is 0 Å². The van der Waals surface area contributed by atoms with Crippen molar-refractivity contribution in [2.75, 3.05) is 21.1 Å². The second-order valence-corrected chi connectivity index (χ2v) is 18.9. The van der Waals surface area contributed by atoms with Crippen molar-refractivity contribution in [2.24, 2.45) is 28.6 Å². The summed E-state index contributed by atoms with van der Waals surface area (Å²) in [6.45, 7) is 25.1. The molecule has 3 heterocycles. The standard InChI is InChI=1S/C36H65N3O6/c1-29(2)16-23(17-30(3,4)37(29)13)35(27(42)43,22-26(40)41)36(28(44)45,24-18-31(5,6)38(14)32(7,8)19-24)25-20-33(9,10)39(15)34(11,12)21-25/h23-25H,16-22H2,1-15H3,(H,40,41)(H,42,43)(H,44,45). The zero-order chi connectivity index (χ0) is 35.1. The van der Waals surface area contributed by atoms with Crippen molar-refractivity contribution in [2.45, 2.75) is 161 Å². The maximum Gasteiger partial charge on any atom is 0.311 e. The lowest BCUT2D eigenvalue weighted by Gasteiger charge is -2.67. The minimum absolute atomic E-state index is 0.389. The SMILES string of the molecule is CN1C(C)(C)CC(C(CC(=O)O)(C(=O)O)C(C(=O)O)(C2CC(C)(C)N(C)C(C)(C)C2)C2CC(C)(C)N(C)C(C)(C)C2)CC1(C)C. The van der Waals surface area contributed by atoms with Crippen LogP contribution in [0.4, 0.5) is 0 Å². The molecule has 45 heavy (non-hydrogen) atoms. The maximum absolute atomic E-state index is 14.7. The zero-order valence-corrected chi connectivity index (χ0v) is 31.1. The Kier molecular flexibility index (Phi) is 9.38. The summed E-state index contributed by atoms with van der Waals surface area (Å²) in [5, 5.41) is 34.4. The smallest absolute Gasteiger partial charge is 0.311 e. The van der Waals surface area contributed by atoms with E-state index in [9.17, 15) is 29.7 Å². The molecule has 3 N–H and O–H groups in total. The highest BCUT2D eigenvalue weighted by Gasteiger charge is 2.74. The molecule has 0 bridgehead atoms. The molecule has 3 aliphatic rings. The summed E-state index contributed by atoms with van der Waals surface area (Å²) < 4.78 is 0. The van der Waals surface area contributed by atoms with Gasteiger partial charge in [0.2, 0.25) is 0 Å². The van der Waals surface area contributed by atoms with Crippen LogP contribution in [-0.2, 0) is 14.4 Å². The third-order valence-corrected chi connectivity index (χ3v) is 13.8. The first-order chi connectivity index (χ1) is 20.0. The normalized spacial score (nSPS) is 29.1. The minimum atomic E-state index is -2.06. The molecule has 3 fully saturated rings. The van der Waals surface area contributed by atoms with Gasteiger partial charge in [-0.3, -0.25) is 29.1 Å². The lowest BCUT2D eigenvalue weighted by Crippen LogP contribution is -2.73. The van der Waals surface area contributed by atoms with Crippen LogP contribution in [-0.4, -0.2) is 102 Å². The lowest BCUT2D eigenvalue weighted by atomic mass is 9.40. The van der Waals surface area contributed by atoms with Crippen molar-refractivity contribution in [3.8, 4) is 0 Å². The highest BCUT2D eigenvalue weighted by Crippen LogP contribution is 2.68. The number of nitrogens with zero attached hydrogens (tertiary/aromatic N) is 3. The summed E-state index contributed by atoms with van der Waals surface area (Å²) in [7, 11) is 6.15. The second kappa shape index (κ2) is 11.2. The fourth-order valence-electron chi connectivity index (χ4n) is 11.0. The highest BCUT2D eigenvalue weighted by atomic mass is 16.4. The molecular formula is C36H65N3O6. The first kappa shape index (κ1) is 37.7. The molecule has 0 aromatic rings. The van der Waals surface area contributed by atoms with Crippen molar-refractivity contribution >= 4 is 17.9 Å². The first-order valence-corrected chi connectivity index (χ1v) is 16.9. The fraction of sp³-hybridized carbons (Fsp3) is 0.917. The summed E-state index contributed by atoms with van der Waals surface area (Å²) in [5.41, 5.74) is -6.63. The Morgan fingerprint density at radius 2 is 0.756 bits per heavy atom. The molecule has 0 spiro atoms. The van der Waals surface area contributed by atoms with Gasteiger partial charge >= 0.3 is 17.9 Å². The molecule has 3 aliphatic heterocycles. The molecule has 260 valence electrons. The topological polar surface area (TPSA) is 122 Å². The molecule has 1 unspecified atom stereocenters. The van der Waals surface area contributed by atoms with E-state index in [0.717, 1.165) is 0 Å². The third kappa shape index (κ3) is 5.85. The van der Waals surface area contributed by atoms with Crippen molar-refractivity contribution in [3.05, 3.63) is 0 Å². The predicted molar refractivity (Wildman–Crippen MR) is 178 cm³/mol. The molecule has 0 aromatic heterocycles. The van der Waals surface area contributed by atoms with Crippen LogP contribution in [0.25, 0.3) is 0 Å². The van der Waals surface area contributed by atoms with E-state index in [1.54, 1.807) is 0 Å². The number of hydrogen-bond acceptors (Lipinski definition) is 6. The molecule has 0 radical (unpaired) electrons. The molecular weight excluding hydrogens is 570 g/mol. The van der Waals surface area contributed by atoms with Crippen LogP contribution >= 0.6 is 0 Å². The van der Waals surface area contributed by atoms with Crippen LogP contribution in [0.15, 0.2) is 0 Å². The average molecular weight is 636 g/mol. The van der Waals surface area contributed by atoms with Gasteiger partial charge < -0.3 is 15.3 Å². The van der Waals surface area contributed by atoms with Gasteiger partial charge in [-0.05, 0) is 161 Å². The van der Waals surface area contributed by atoms with E-state index in [0.29, 0.717) is 38.5 Å². The molecule has 9 heteroatoms. The molecule has 3 saturated heterocycles. The van der Waals surface area contributed by atoms with Crippen LogP contribution < -0.4 is 0 Å². The van der Waals surface area contributed by atoms with Gasteiger partial charge in [0, 0.05) is 33.2 Å². The van der Waals surface area contributed by atoms with Gasteiger partial charge in [0.05, 0.1) is 17.3 Å². The molecule has 1 atom stereocenters. The second-order valence-electron chi connectivity index (χ2n) is 18.9. The molecule has 0 saturated carbocycles. The van der Waals surface area contributed by atoms with E-state index in [1.807, 2.05) is 7.05 Å². The Balaban J connectivity index is 2.57. The Labute approximate surface area is 273 Å². The third-order valence-electron chi connectivity index (χ3n) is 13.8. The number of piperidine rings is 3. The van der Waals surface area contributed by atoms with E-state index in [4.69, 9.17) is 0 Å². The fourth-order valence-corrected chi connectivity index (χ4v) is 11.0. The van der Waals surface area contributed by atoms with Crippen LogP contribution in [0.5, 0.6) is 0 Å². The quantitative estimate of drug-likeness (QED) is 0.282. The number of carboxylic acids is 3. The van der Waals surface area contributed by atoms with Gasteiger partial charge in [0.25, 0.3) is 0 Å². The summed E-state index contributed by atoms with van der Waals surface area (Å²) >= 11 is 0. The largest absolute Gasteiger partial charge is 0.481 e. The number of carbonyl (C=O) groups is 3. The average Bonchev–Trinajstić information content (AvgIpc) is 2.82. The van der Waals surface area contributed by atoms with Crippen molar-refractivity contribution in [1.29, 1.82) is 0 Å². The van der Waals surface area contributed by atoms with Crippen LogP contribution in [0.3, 0.4) is 0 Å². The Hall–Kier alpha value is -1.71. The molecule has 3 rings (SSSR count). The molecule has 0 aromatic carbocycles. The first-order valence-electron chi connectivity index (χ1n) is 16.9. The predicted octanol–water partition coefficient (Wildman–Crippen LogP) is 6.30. The summed E-state index contributed by atoms with van der Waals surface area (Å²) in [4.78, 5) is 49.0. The highest BCUT2D eigenvalue weighted by molar-refractivity contribution is 5.91.